The molecule has 1 amide bonds. The highest BCUT2D eigenvalue weighted by molar-refractivity contribution is 5.93. The average molecular weight is 302 g/mol. The van der Waals surface area contributed by atoms with Crippen LogP contribution in [0.15, 0.2) is 18.2 Å². The topological polar surface area (TPSA) is 64.3 Å². The number of ether oxygens (including phenoxy) is 1. The van der Waals surface area contributed by atoms with Gasteiger partial charge in [-0.15, -0.1) is 0 Å². The lowest BCUT2D eigenvalue weighted by atomic mass is 9.96. The molecule has 0 radical (unpaired) electrons. The van der Waals surface area contributed by atoms with Crippen molar-refractivity contribution in [1.29, 1.82) is 0 Å². The summed E-state index contributed by atoms with van der Waals surface area (Å²) in [5.41, 5.74) is 4.75. The fraction of sp³-hybridized carbons (Fsp3) is 0.500. The second-order valence-electron chi connectivity index (χ2n) is 5.02. The lowest BCUT2D eigenvalue weighted by molar-refractivity contribution is -0.137. The van der Waals surface area contributed by atoms with Crippen LogP contribution in [0.5, 0.6) is 0 Å². The highest BCUT2D eigenvalue weighted by Crippen LogP contribution is 2.32. The third-order valence-electron chi connectivity index (χ3n) is 3.39. The molecule has 0 spiro atoms. The van der Waals surface area contributed by atoms with E-state index in [-0.39, 0.29) is 29.8 Å². The number of nitrogens with two attached hydrogens (primary N) is 1. The predicted octanol–water partition coefficient (Wildman–Crippen LogP) is 3.19. The van der Waals surface area contributed by atoms with Gasteiger partial charge in [0.15, 0.2) is 0 Å². The molecule has 3 N–H and O–H groups in total. The first-order valence-corrected chi connectivity index (χ1v) is 6.74. The van der Waals surface area contributed by atoms with Crippen LogP contribution in [-0.4, -0.2) is 18.6 Å². The Labute approximate surface area is 120 Å². The molecule has 116 valence electrons. The zero-order valence-electron chi connectivity index (χ0n) is 11.4. The van der Waals surface area contributed by atoms with Crippen molar-refractivity contribution in [2.45, 2.75) is 38.0 Å². The number of hydrogen-bond acceptors (Lipinski definition) is 3. The Kier molecular flexibility index (Phi) is 4.72. The van der Waals surface area contributed by atoms with Crippen molar-refractivity contribution in [3.05, 3.63) is 23.8 Å². The molecule has 1 aliphatic rings. The smallest absolute Gasteiger partial charge is 0.397 e. The molecule has 0 bridgehead atoms. The summed E-state index contributed by atoms with van der Waals surface area (Å²) in [5.74, 6) is -0.333. The number of halogens is 3. The maximum atomic E-state index is 12.5. The first kappa shape index (κ1) is 15.6. The fourth-order valence-electron chi connectivity index (χ4n) is 1.92. The molecular formula is C14H17F3N2O2. The summed E-state index contributed by atoms with van der Waals surface area (Å²) < 4.78 is 42.9. The molecule has 21 heavy (non-hydrogen) atoms. The van der Waals surface area contributed by atoms with Gasteiger partial charge in [-0.3, -0.25) is 4.79 Å². The number of hydrogen-bond donors (Lipinski definition) is 2. The van der Waals surface area contributed by atoms with E-state index < -0.39 is 11.7 Å². The zero-order valence-corrected chi connectivity index (χ0v) is 11.4. The van der Waals surface area contributed by atoms with E-state index in [1.165, 1.54) is 0 Å². The number of rotatable bonds is 5. The molecule has 7 heteroatoms. The minimum absolute atomic E-state index is 0.113. The molecule has 1 aromatic carbocycles. The highest BCUT2D eigenvalue weighted by atomic mass is 19.4. The Morgan fingerprint density at radius 1 is 1.38 bits per heavy atom. The van der Waals surface area contributed by atoms with Crippen LogP contribution in [0.3, 0.4) is 0 Å². The summed E-state index contributed by atoms with van der Waals surface area (Å²) in [6.07, 6.45) is -0.863. The predicted molar refractivity (Wildman–Crippen MR) is 72.7 cm³/mol. The molecule has 1 aromatic rings. The first-order valence-electron chi connectivity index (χ1n) is 6.74. The molecule has 4 nitrogen and oxygen atoms in total. The van der Waals surface area contributed by atoms with Gasteiger partial charge in [0.2, 0.25) is 5.91 Å². The SMILES string of the molecule is Nc1cc(C(F)(F)F)ccc1NC(=O)CCOC1CCC1. The lowest BCUT2D eigenvalue weighted by Gasteiger charge is -2.25. The molecule has 0 aliphatic heterocycles. The number of alkyl halides is 3. The van der Waals surface area contributed by atoms with Crippen molar-refractivity contribution in [2.75, 3.05) is 17.7 Å². The Morgan fingerprint density at radius 3 is 2.62 bits per heavy atom. The van der Waals surface area contributed by atoms with E-state index in [4.69, 9.17) is 10.5 Å². The van der Waals surface area contributed by atoms with Crippen LogP contribution in [-0.2, 0) is 15.7 Å². The van der Waals surface area contributed by atoms with Crippen LogP contribution in [0.25, 0.3) is 0 Å². The van der Waals surface area contributed by atoms with Gasteiger partial charge >= 0.3 is 6.18 Å². The van der Waals surface area contributed by atoms with Crippen LogP contribution in [0.2, 0.25) is 0 Å². The number of benzene rings is 1. The molecule has 1 saturated carbocycles. The number of nitrogen functional groups attached to an aromatic ring is 1. The van der Waals surface area contributed by atoms with Crippen molar-refractivity contribution >= 4 is 17.3 Å². The second kappa shape index (κ2) is 6.34. The van der Waals surface area contributed by atoms with Crippen molar-refractivity contribution in [1.82, 2.24) is 0 Å². The molecule has 0 aromatic heterocycles. The van der Waals surface area contributed by atoms with Crippen LogP contribution in [0.4, 0.5) is 24.5 Å². The second-order valence-corrected chi connectivity index (χ2v) is 5.02. The van der Waals surface area contributed by atoms with Gasteiger partial charge in [-0.05, 0) is 37.5 Å². The number of anilines is 2. The van der Waals surface area contributed by atoms with Crippen molar-refractivity contribution in [3.8, 4) is 0 Å². The van der Waals surface area contributed by atoms with Crippen molar-refractivity contribution < 1.29 is 22.7 Å². The van der Waals surface area contributed by atoms with Gasteiger partial charge in [0, 0.05) is 0 Å². The van der Waals surface area contributed by atoms with Crippen LogP contribution in [0, 0.1) is 0 Å². The molecular weight excluding hydrogens is 285 g/mol. The Balaban J connectivity index is 1.85. The number of amides is 1. The molecule has 1 aliphatic carbocycles. The zero-order chi connectivity index (χ0) is 15.5. The van der Waals surface area contributed by atoms with Crippen molar-refractivity contribution in [3.63, 3.8) is 0 Å². The molecule has 0 atom stereocenters. The van der Waals surface area contributed by atoms with Gasteiger partial charge in [0.05, 0.1) is 36.1 Å². The van der Waals surface area contributed by atoms with Gasteiger partial charge in [0.1, 0.15) is 0 Å². The molecule has 0 saturated heterocycles. The minimum Gasteiger partial charge on any atom is -0.397 e. The van der Waals surface area contributed by atoms with Gasteiger partial charge in [-0.1, -0.05) is 0 Å². The van der Waals surface area contributed by atoms with E-state index in [0.29, 0.717) is 6.61 Å². The number of carbonyl (C=O) groups excluding carboxylic acids is 1. The van der Waals surface area contributed by atoms with E-state index in [2.05, 4.69) is 5.32 Å². The Morgan fingerprint density at radius 2 is 2.10 bits per heavy atom. The largest absolute Gasteiger partial charge is 0.416 e. The standard InChI is InChI=1S/C14H17F3N2O2/c15-14(16,17)9-4-5-12(11(18)8-9)19-13(20)6-7-21-10-2-1-3-10/h4-5,8,10H,1-3,6-7,18H2,(H,19,20). The van der Waals surface area contributed by atoms with Gasteiger partial charge in [0.25, 0.3) is 0 Å². The number of nitrogens with one attached hydrogen (secondary N) is 1. The lowest BCUT2D eigenvalue weighted by Crippen LogP contribution is -2.24. The molecule has 2 rings (SSSR count). The quantitative estimate of drug-likeness (QED) is 0.821. The van der Waals surface area contributed by atoms with E-state index in [1.807, 2.05) is 0 Å². The first-order chi connectivity index (χ1) is 9.86. The molecule has 0 heterocycles. The van der Waals surface area contributed by atoms with Crippen LogP contribution in [0.1, 0.15) is 31.2 Å². The van der Waals surface area contributed by atoms with E-state index in [1.54, 1.807) is 0 Å². The summed E-state index contributed by atoms with van der Waals surface area (Å²) in [6, 6.07) is 2.85. The van der Waals surface area contributed by atoms with E-state index in [0.717, 1.165) is 37.5 Å². The maximum absolute atomic E-state index is 12.5. The Hall–Kier alpha value is -1.76. The van der Waals surface area contributed by atoms with Crippen LogP contribution < -0.4 is 11.1 Å². The highest BCUT2D eigenvalue weighted by Gasteiger charge is 2.30. The summed E-state index contributed by atoms with van der Waals surface area (Å²) in [6.45, 7) is 0.303. The van der Waals surface area contributed by atoms with E-state index >= 15 is 0 Å². The summed E-state index contributed by atoms with van der Waals surface area (Å²) in [4.78, 5) is 11.7. The van der Waals surface area contributed by atoms with Gasteiger partial charge in [-0.25, -0.2) is 0 Å². The molecule has 1 fully saturated rings. The normalized spacial score (nSPS) is 15.6. The summed E-state index contributed by atoms with van der Waals surface area (Å²) in [5, 5.41) is 2.49. The monoisotopic (exact) mass is 302 g/mol. The minimum atomic E-state index is -4.45. The summed E-state index contributed by atoms with van der Waals surface area (Å²) >= 11 is 0. The fourth-order valence-corrected chi connectivity index (χ4v) is 1.92. The third-order valence-corrected chi connectivity index (χ3v) is 3.39. The maximum Gasteiger partial charge on any atom is 0.416 e. The van der Waals surface area contributed by atoms with Crippen molar-refractivity contribution in [2.24, 2.45) is 0 Å². The van der Waals surface area contributed by atoms with Gasteiger partial charge in [-0.2, -0.15) is 13.2 Å². The van der Waals surface area contributed by atoms with Gasteiger partial charge < -0.3 is 15.8 Å². The molecule has 0 unspecified atom stereocenters. The third kappa shape index (κ3) is 4.35. The van der Waals surface area contributed by atoms with E-state index in [9.17, 15) is 18.0 Å². The summed E-state index contributed by atoms with van der Waals surface area (Å²) in [7, 11) is 0. The van der Waals surface area contributed by atoms with Crippen LogP contribution >= 0.6 is 0 Å². The number of carbonyl (C=O) groups is 1. The Bertz CT molecular complexity index is 513. The average Bonchev–Trinajstić information content (AvgIpc) is 2.33.